The molecule has 5 rings (SSSR count). The first-order valence-electron chi connectivity index (χ1n) is 11.5. The van der Waals surface area contributed by atoms with Crippen LogP contribution in [0.3, 0.4) is 0 Å². The van der Waals surface area contributed by atoms with Gasteiger partial charge >= 0.3 is 5.97 Å². The highest BCUT2D eigenvalue weighted by Gasteiger charge is 2.37. The number of hydrogen-bond acceptors (Lipinski definition) is 5. The molecular formula is C28H26N2O4. The lowest BCUT2D eigenvalue weighted by atomic mass is 9.88. The number of carboxylic acids is 1. The van der Waals surface area contributed by atoms with Crippen LogP contribution in [0.5, 0.6) is 0 Å². The van der Waals surface area contributed by atoms with Crippen LogP contribution in [0.15, 0.2) is 65.1 Å². The Bertz CT molecular complexity index is 1330. The smallest absolute Gasteiger partial charge is 0.307 e. The van der Waals surface area contributed by atoms with Gasteiger partial charge in [0.05, 0.1) is 5.92 Å². The molecule has 0 radical (unpaired) electrons. The van der Waals surface area contributed by atoms with Crippen LogP contribution in [0.25, 0.3) is 22.2 Å². The minimum atomic E-state index is -0.871. The van der Waals surface area contributed by atoms with E-state index >= 15 is 0 Å². The van der Waals surface area contributed by atoms with E-state index in [9.17, 15) is 14.7 Å². The van der Waals surface area contributed by atoms with Gasteiger partial charge in [0.15, 0.2) is 11.4 Å². The molecule has 1 aromatic heterocycles. The Labute approximate surface area is 197 Å². The van der Waals surface area contributed by atoms with Crippen LogP contribution in [0.2, 0.25) is 0 Å². The first-order valence-corrected chi connectivity index (χ1v) is 11.5. The minimum absolute atomic E-state index is 0.0697. The van der Waals surface area contributed by atoms with Crippen molar-refractivity contribution in [2.75, 3.05) is 5.32 Å². The molecule has 34 heavy (non-hydrogen) atoms. The lowest BCUT2D eigenvalue weighted by Crippen LogP contribution is -2.25. The van der Waals surface area contributed by atoms with Crippen molar-refractivity contribution in [2.24, 2.45) is 11.8 Å². The predicted molar refractivity (Wildman–Crippen MR) is 131 cm³/mol. The fourth-order valence-corrected chi connectivity index (χ4v) is 4.71. The van der Waals surface area contributed by atoms with Crippen molar-refractivity contribution in [2.45, 2.75) is 33.1 Å². The van der Waals surface area contributed by atoms with Crippen molar-refractivity contribution in [3.8, 4) is 11.1 Å². The van der Waals surface area contributed by atoms with E-state index in [1.165, 1.54) is 5.56 Å². The molecule has 6 nitrogen and oxygen atoms in total. The second kappa shape index (κ2) is 8.78. The van der Waals surface area contributed by atoms with Crippen LogP contribution in [-0.4, -0.2) is 21.8 Å². The zero-order valence-electron chi connectivity index (χ0n) is 19.2. The molecule has 0 amide bonds. The lowest BCUT2D eigenvalue weighted by Gasteiger charge is -2.14. The minimum Gasteiger partial charge on any atom is -0.481 e. The van der Waals surface area contributed by atoms with Crippen LogP contribution in [0.1, 0.15) is 40.7 Å². The van der Waals surface area contributed by atoms with Gasteiger partial charge in [-0.25, -0.2) is 0 Å². The van der Waals surface area contributed by atoms with Crippen molar-refractivity contribution in [3.05, 3.63) is 77.4 Å². The number of aliphatic carboxylic acids is 1. The van der Waals surface area contributed by atoms with Gasteiger partial charge in [-0.05, 0) is 73.2 Å². The normalized spacial score (nSPS) is 17.7. The largest absolute Gasteiger partial charge is 0.481 e. The molecule has 2 atom stereocenters. The molecule has 1 heterocycles. The highest BCUT2D eigenvalue weighted by atomic mass is 16.4. The number of aryl methyl sites for hydroxylation is 2. The molecule has 0 unspecified atom stereocenters. The number of fused-ring (bicyclic) bond motifs is 1. The SMILES string of the molecule is Cc1cc2nc(Nc3ccc(-c4ccc(C(=O)[C@@H]5CCC[C@H]5C(=O)O)cc4)cc3)oc2cc1C. The summed E-state index contributed by atoms with van der Waals surface area (Å²) in [6, 6.07) is 19.8. The Balaban J connectivity index is 1.29. The second-order valence-electron chi connectivity index (χ2n) is 9.05. The summed E-state index contributed by atoms with van der Waals surface area (Å²) in [5.74, 6) is -1.93. The maximum atomic E-state index is 12.8. The molecule has 1 fully saturated rings. The molecule has 1 aliphatic rings. The van der Waals surface area contributed by atoms with E-state index in [2.05, 4.69) is 17.2 Å². The Morgan fingerprint density at radius 2 is 1.53 bits per heavy atom. The maximum absolute atomic E-state index is 12.8. The lowest BCUT2D eigenvalue weighted by molar-refractivity contribution is -0.142. The fourth-order valence-electron chi connectivity index (χ4n) is 4.71. The van der Waals surface area contributed by atoms with Crippen LogP contribution in [0.4, 0.5) is 11.7 Å². The number of Topliss-reactive ketones (excluding diaryl/α,β-unsaturated/α-hetero) is 1. The van der Waals surface area contributed by atoms with E-state index in [4.69, 9.17) is 4.42 Å². The molecule has 1 aliphatic carbocycles. The Hall–Kier alpha value is -3.93. The number of hydrogen-bond donors (Lipinski definition) is 2. The number of oxazole rings is 1. The van der Waals surface area contributed by atoms with E-state index in [1.807, 2.05) is 55.5 Å². The van der Waals surface area contributed by atoms with Gasteiger partial charge in [-0.3, -0.25) is 9.59 Å². The summed E-state index contributed by atoms with van der Waals surface area (Å²) in [5.41, 5.74) is 7.34. The van der Waals surface area contributed by atoms with Gasteiger partial charge in [-0.1, -0.05) is 42.8 Å². The molecule has 0 aliphatic heterocycles. The topological polar surface area (TPSA) is 92.4 Å². The summed E-state index contributed by atoms with van der Waals surface area (Å²) in [6.45, 7) is 4.10. The van der Waals surface area contributed by atoms with Gasteiger partial charge in [-0.2, -0.15) is 4.98 Å². The third kappa shape index (κ3) is 4.19. The molecule has 2 N–H and O–H groups in total. The number of carbonyl (C=O) groups is 2. The summed E-state index contributed by atoms with van der Waals surface area (Å²) in [7, 11) is 0. The average molecular weight is 455 g/mol. The van der Waals surface area contributed by atoms with E-state index in [1.54, 1.807) is 12.1 Å². The highest BCUT2D eigenvalue weighted by Crippen LogP contribution is 2.35. The van der Waals surface area contributed by atoms with E-state index < -0.39 is 17.8 Å². The summed E-state index contributed by atoms with van der Waals surface area (Å²) >= 11 is 0. The van der Waals surface area contributed by atoms with Crippen LogP contribution in [-0.2, 0) is 4.79 Å². The second-order valence-corrected chi connectivity index (χ2v) is 9.05. The zero-order chi connectivity index (χ0) is 23.8. The maximum Gasteiger partial charge on any atom is 0.307 e. The van der Waals surface area contributed by atoms with Gasteiger partial charge in [0, 0.05) is 17.2 Å². The molecule has 4 aromatic rings. The number of nitrogens with one attached hydrogen (secondary N) is 1. The van der Waals surface area contributed by atoms with E-state index in [0.717, 1.165) is 39.9 Å². The van der Waals surface area contributed by atoms with Gasteiger partial charge in [0.25, 0.3) is 6.01 Å². The molecule has 3 aromatic carbocycles. The third-order valence-electron chi connectivity index (χ3n) is 6.81. The summed E-state index contributed by atoms with van der Waals surface area (Å²) < 4.78 is 5.83. The zero-order valence-corrected chi connectivity index (χ0v) is 19.2. The van der Waals surface area contributed by atoms with Crippen LogP contribution in [0, 0.1) is 25.7 Å². The highest BCUT2D eigenvalue weighted by molar-refractivity contribution is 6.00. The quantitative estimate of drug-likeness (QED) is 0.321. The number of carboxylic acid groups (broad SMARTS) is 1. The van der Waals surface area contributed by atoms with Crippen molar-refractivity contribution < 1.29 is 19.1 Å². The number of ketones is 1. The number of benzene rings is 3. The molecule has 0 bridgehead atoms. The van der Waals surface area contributed by atoms with Crippen molar-refractivity contribution in [3.63, 3.8) is 0 Å². The van der Waals surface area contributed by atoms with Gasteiger partial charge in [-0.15, -0.1) is 0 Å². The first kappa shape index (κ1) is 21.9. The van der Waals surface area contributed by atoms with Gasteiger partial charge in [0.2, 0.25) is 0 Å². The number of anilines is 2. The summed E-state index contributed by atoms with van der Waals surface area (Å²) in [5, 5.41) is 12.6. The van der Waals surface area contributed by atoms with Crippen molar-refractivity contribution in [1.29, 1.82) is 0 Å². The number of carbonyl (C=O) groups excluding carboxylic acids is 1. The predicted octanol–water partition coefficient (Wildman–Crippen LogP) is 6.54. The monoisotopic (exact) mass is 454 g/mol. The standard InChI is InChI=1S/C28H26N2O4/c1-16-14-24-25(15-17(16)2)34-28(30-24)29-21-12-10-19(11-13-21)18-6-8-20(9-7-18)26(31)22-4-3-5-23(22)27(32)33/h6-15,22-23H,3-5H2,1-2H3,(H,29,30)(H,32,33)/t22-,23-/m1/s1. The Morgan fingerprint density at radius 3 is 2.21 bits per heavy atom. The molecule has 0 saturated heterocycles. The summed E-state index contributed by atoms with van der Waals surface area (Å²) in [6.07, 6.45) is 2.01. The van der Waals surface area contributed by atoms with Gasteiger partial charge in [0.1, 0.15) is 5.52 Å². The Kier molecular flexibility index (Phi) is 5.65. The van der Waals surface area contributed by atoms with Gasteiger partial charge < -0.3 is 14.8 Å². The van der Waals surface area contributed by atoms with Crippen molar-refractivity contribution >= 4 is 34.6 Å². The first-order chi connectivity index (χ1) is 16.4. The number of aromatic nitrogens is 1. The third-order valence-corrected chi connectivity index (χ3v) is 6.81. The fraction of sp³-hybridized carbons (Fsp3) is 0.250. The molecule has 172 valence electrons. The van der Waals surface area contributed by atoms with Crippen molar-refractivity contribution in [1.82, 2.24) is 4.98 Å². The molecule has 0 spiro atoms. The molecule has 1 saturated carbocycles. The number of rotatable bonds is 6. The van der Waals surface area contributed by atoms with Crippen LogP contribution < -0.4 is 5.32 Å². The van der Waals surface area contributed by atoms with E-state index in [-0.39, 0.29) is 5.78 Å². The van der Waals surface area contributed by atoms with Crippen LogP contribution >= 0.6 is 0 Å². The Morgan fingerprint density at radius 1 is 0.912 bits per heavy atom. The molecular weight excluding hydrogens is 428 g/mol. The van der Waals surface area contributed by atoms with E-state index in [0.29, 0.717) is 24.4 Å². The average Bonchev–Trinajstić information content (AvgIpc) is 3.47. The number of nitrogens with zero attached hydrogens (tertiary/aromatic N) is 1. The summed E-state index contributed by atoms with van der Waals surface area (Å²) in [4.78, 5) is 28.8. The molecule has 6 heteroatoms.